The lowest BCUT2D eigenvalue weighted by Gasteiger charge is -2.35. The van der Waals surface area contributed by atoms with Crippen LogP contribution in [0.1, 0.15) is 42.9 Å². The minimum Gasteiger partial charge on any atom is -0.445 e. The highest BCUT2D eigenvalue weighted by Gasteiger charge is 2.37. The van der Waals surface area contributed by atoms with Crippen molar-refractivity contribution >= 4 is 23.7 Å². The average molecular weight is 452 g/mol. The van der Waals surface area contributed by atoms with Gasteiger partial charge >= 0.3 is 6.09 Å². The lowest BCUT2D eigenvalue weighted by Crippen LogP contribution is -2.56. The molecule has 2 aromatic rings. The molecule has 0 aliphatic carbocycles. The summed E-state index contributed by atoms with van der Waals surface area (Å²) in [5, 5.41) is 2.64. The highest BCUT2D eigenvalue weighted by Crippen LogP contribution is 2.24. The van der Waals surface area contributed by atoms with Crippen molar-refractivity contribution in [3.63, 3.8) is 0 Å². The molecule has 0 fully saturated rings. The summed E-state index contributed by atoms with van der Waals surface area (Å²) >= 11 is 0. The Balaban J connectivity index is 1.75. The summed E-state index contributed by atoms with van der Waals surface area (Å²) in [5.41, 5.74) is 8.16. The second-order valence-electron chi connectivity index (χ2n) is 8.05. The van der Waals surface area contributed by atoms with Crippen molar-refractivity contribution in [2.75, 3.05) is 0 Å². The average Bonchev–Trinajstić information content (AvgIpc) is 2.84. The molecular formula is C25H29N3O5. The summed E-state index contributed by atoms with van der Waals surface area (Å²) in [6.45, 7) is 2.02. The van der Waals surface area contributed by atoms with Gasteiger partial charge in [0.2, 0.25) is 11.8 Å². The van der Waals surface area contributed by atoms with Crippen molar-refractivity contribution in [2.45, 2.75) is 57.8 Å². The monoisotopic (exact) mass is 451 g/mol. The molecule has 2 aromatic carbocycles. The van der Waals surface area contributed by atoms with Crippen LogP contribution in [0.3, 0.4) is 0 Å². The van der Waals surface area contributed by atoms with Gasteiger partial charge in [0.05, 0.1) is 6.54 Å². The van der Waals surface area contributed by atoms with Crippen LogP contribution in [0.15, 0.2) is 54.6 Å². The zero-order valence-corrected chi connectivity index (χ0v) is 18.7. The van der Waals surface area contributed by atoms with Crippen molar-refractivity contribution in [3.05, 3.63) is 71.3 Å². The van der Waals surface area contributed by atoms with Gasteiger partial charge in [-0.1, -0.05) is 61.5 Å². The van der Waals surface area contributed by atoms with Crippen LogP contribution >= 0.6 is 0 Å². The van der Waals surface area contributed by atoms with Gasteiger partial charge in [0.1, 0.15) is 24.5 Å². The van der Waals surface area contributed by atoms with E-state index in [4.69, 9.17) is 10.5 Å². The second-order valence-corrected chi connectivity index (χ2v) is 8.05. The summed E-state index contributed by atoms with van der Waals surface area (Å²) in [5.74, 6) is -1.25. The molecule has 2 atom stereocenters. The molecule has 0 unspecified atom stereocenters. The molecule has 3 rings (SSSR count). The number of ketones is 1. The van der Waals surface area contributed by atoms with Crippen LogP contribution in [0, 0.1) is 0 Å². The molecule has 8 nitrogen and oxygen atoms in total. The van der Waals surface area contributed by atoms with E-state index in [-0.39, 0.29) is 38.2 Å². The number of fused-ring (bicyclic) bond motifs is 1. The molecule has 3 amide bonds. The molecule has 33 heavy (non-hydrogen) atoms. The third-order valence-electron chi connectivity index (χ3n) is 5.76. The highest BCUT2D eigenvalue weighted by molar-refractivity contribution is 5.91. The van der Waals surface area contributed by atoms with Gasteiger partial charge in [-0.15, -0.1) is 0 Å². The summed E-state index contributed by atoms with van der Waals surface area (Å²) in [6, 6.07) is 15.0. The number of benzene rings is 2. The topological polar surface area (TPSA) is 119 Å². The Morgan fingerprint density at radius 2 is 1.73 bits per heavy atom. The van der Waals surface area contributed by atoms with E-state index in [0.717, 1.165) is 16.7 Å². The SMILES string of the molecule is CCC(=O)CC[C@H](NC(=O)[C@@H]1Cc2ccccc2CN1C(=O)OCc1ccccc1)C(N)=O. The molecule has 0 radical (unpaired) electrons. The zero-order valence-electron chi connectivity index (χ0n) is 18.7. The van der Waals surface area contributed by atoms with E-state index in [2.05, 4.69) is 5.32 Å². The molecule has 0 spiro atoms. The number of primary amides is 1. The van der Waals surface area contributed by atoms with Crippen LogP contribution in [0.2, 0.25) is 0 Å². The molecular weight excluding hydrogens is 422 g/mol. The van der Waals surface area contributed by atoms with Gasteiger partial charge < -0.3 is 15.8 Å². The molecule has 174 valence electrons. The van der Waals surface area contributed by atoms with E-state index in [1.54, 1.807) is 6.92 Å². The predicted octanol–water partition coefficient (Wildman–Crippen LogP) is 2.48. The Labute approximate surface area is 193 Å². The van der Waals surface area contributed by atoms with Gasteiger partial charge in [0.25, 0.3) is 0 Å². The van der Waals surface area contributed by atoms with Crippen LogP contribution < -0.4 is 11.1 Å². The number of carbonyl (C=O) groups is 4. The number of ether oxygens (including phenoxy) is 1. The number of hydrogen-bond acceptors (Lipinski definition) is 5. The minimum absolute atomic E-state index is 0.0202. The largest absolute Gasteiger partial charge is 0.445 e. The van der Waals surface area contributed by atoms with E-state index in [1.165, 1.54) is 4.90 Å². The van der Waals surface area contributed by atoms with E-state index in [9.17, 15) is 19.2 Å². The molecule has 1 heterocycles. The van der Waals surface area contributed by atoms with Crippen molar-refractivity contribution in [2.24, 2.45) is 5.73 Å². The molecule has 0 saturated heterocycles. The van der Waals surface area contributed by atoms with E-state index < -0.39 is 30.0 Å². The Kier molecular flexibility index (Phi) is 8.18. The van der Waals surface area contributed by atoms with Gasteiger partial charge in [-0.3, -0.25) is 19.3 Å². The molecule has 0 bridgehead atoms. The number of rotatable bonds is 9. The lowest BCUT2D eigenvalue weighted by atomic mass is 9.93. The van der Waals surface area contributed by atoms with Crippen molar-refractivity contribution in [1.82, 2.24) is 10.2 Å². The third kappa shape index (κ3) is 6.41. The number of hydrogen-bond donors (Lipinski definition) is 2. The maximum atomic E-state index is 13.2. The molecule has 1 aliphatic heterocycles. The number of nitrogens with one attached hydrogen (secondary N) is 1. The van der Waals surface area contributed by atoms with Crippen LogP contribution in [0.4, 0.5) is 4.79 Å². The predicted molar refractivity (Wildman–Crippen MR) is 122 cm³/mol. The van der Waals surface area contributed by atoms with Crippen molar-refractivity contribution in [3.8, 4) is 0 Å². The van der Waals surface area contributed by atoms with E-state index in [0.29, 0.717) is 6.42 Å². The van der Waals surface area contributed by atoms with Gasteiger partial charge in [-0.2, -0.15) is 0 Å². The Hall–Kier alpha value is -3.68. The Morgan fingerprint density at radius 1 is 1.06 bits per heavy atom. The Bertz CT molecular complexity index is 1010. The van der Waals surface area contributed by atoms with Gasteiger partial charge in [0.15, 0.2) is 0 Å². The van der Waals surface area contributed by atoms with Gasteiger partial charge in [-0.25, -0.2) is 4.79 Å². The number of amides is 3. The summed E-state index contributed by atoms with van der Waals surface area (Å²) in [6.07, 6.45) is 0.267. The maximum Gasteiger partial charge on any atom is 0.411 e. The molecule has 0 aromatic heterocycles. The fourth-order valence-electron chi connectivity index (χ4n) is 3.79. The first kappa shape index (κ1) is 24.0. The van der Waals surface area contributed by atoms with Crippen LogP contribution in [0.5, 0.6) is 0 Å². The summed E-state index contributed by atoms with van der Waals surface area (Å²) < 4.78 is 5.48. The fourth-order valence-corrected chi connectivity index (χ4v) is 3.79. The first-order valence-electron chi connectivity index (χ1n) is 11.0. The van der Waals surface area contributed by atoms with Crippen molar-refractivity contribution < 1.29 is 23.9 Å². The van der Waals surface area contributed by atoms with Crippen LogP contribution in [-0.2, 0) is 38.7 Å². The minimum atomic E-state index is -0.993. The number of nitrogens with zero attached hydrogens (tertiary/aromatic N) is 1. The van der Waals surface area contributed by atoms with Crippen LogP contribution in [-0.4, -0.2) is 40.7 Å². The quantitative estimate of drug-likeness (QED) is 0.607. The first-order valence-corrected chi connectivity index (χ1v) is 11.0. The second kappa shape index (κ2) is 11.3. The molecule has 8 heteroatoms. The van der Waals surface area contributed by atoms with E-state index in [1.807, 2.05) is 54.6 Å². The molecule has 3 N–H and O–H groups in total. The molecule has 1 aliphatic rings. The number of Topliss-reactive ketones (excluding diaryl/α,β-unsaturated/α-hetero) is 1. The van der Waals surface area contributed by atoms with Crippen molar-refractivity contribution in [1.29, 1.82) is 0 Å². The van der Waals surface area contributed by atoms with Gasteiger partial charge in [-0.05, 0) is 23.1 Å². The standard InChI is InChI=1S/C25H29N3O5/c1-2-20(29)12-13-21(23(26)30)27-24(31)22-14-18-10-6-7-11-19(18)15-28(22)25(32)33-16-17-8-4-3-5-9-17/h3-11,21-22H,2,12-16H2,1H3,(H2,26,30)(H,27,31)/t21-,22-/m0/s1. The summed E-state index contributed by atoms with van der Waals surface area (Å²) in [4.78, 5) is 51.0. The lowest BCUT2D eigenvalue weighted by molar-refractivity contribution is -0.131. The third-order valence-corrected chi connectivity index (χ3v) is 5.76. The fraction of sp³-hybridized carbons (Fsp3) is 0.360. The Morgan fingerprint density at radius 3 is 2.39 bits per heavy atom. The first-order chi connectivity index (χ1) is 15.9. The zero-order chi connectivity index (χ0) is 23.8. The number of nitrogens with two attached hydrogens (primary N) is 1. The summed E-state index contributed by atoms with van der Waals surface area (Å²) in [7, 11) is 0. The van der Waals surface area contributed by atoms with Crippen LogP contribution in [0.25, 0.3) is 0 Å². The number of carbonyl (C=O) groups excluding carboxylic acids is 4. The normalized spacial score (nSPS) is 15.8. The van der Waals surface area contributed by atoms with Gasteiger partial charge in [0, 0.05) is 19.3 Å². The molecule has 0 saturated carbocycles. The smallest absolute Gasteiger partial charge is 0.411 e. The van der Waals surface area contributed by atoms with E-state index >= 15 is 0 Å². The maximum absolute atomic E-state index is 13.2. The highest BCUT2D eigenvalue weighted by atomic mass is 16.6.